The molecule has 0 aliphatic rings. The topological polar surface area (TPSA) is 50.7 Å². The van der Waals surface area contributed by atoms with Gasteiger partial charge in [-0.15, -0.1) is 0 Å². The molecule has 0 spiro atoms. The first kappa shape index (κ1) is 13.4. The molecule has 0 atom stereocenters. The Bertz CT molecular complexity index is 841. The van der Waals surface area contributed by atoms with E-state index in [1.54, 1.807) is 6.20 Å². The smallest absolute Gasteiger partial charge is 0.251 e. The maximum atomic E-state index is 11.6. The van der Waals surface area contributed by atoms with E-state index >= 15 is 0 Å². The van der Waals surface area contributed by atoms with Gasteiger partial charge < -0.3 is 9.55 Å². The van der Waals surface area contributed by atoms with Crippen LogP contribution in [0, 0.1) is 20.8 Å². The predicted molar refractivity (Wildman–Crippen MR) is 83.8 cm³/mol. The van der Waals surface area contributed by atoms with Gasteiger partial charge in [0.2, 0.25) is 0 Å². The molecule has 2 aromatic heterocycles. The number of benzene rings is 1. The lowest BCUT2D eigenvalue weighted by Crippen LogP contribution is -2.11. The van der Waals surface area contributed by atoms with Gasteiger partial charge in [0.25, 0.3) is 5.56 Å². The zero-order chi connectivity index (χ0) is 15.0. The molecule has 0 fully saturated rings. The average Bonchev–Trinajstić information content (AvgIpc) is 2.89. The summed E-state index contributed by atoms with van der Waals surface area (Å²) in [5, 5.41) is 0. The largest absolute Gasteiger partial charge is 0.326 e. The monoisotopic (exact) mass is 279 g/mol. The predicted octanol–water partition coefficient (Wildman–Crippen LogP) is 3.15. The molecule has 0 bridgehead atoms. The summed E-state index contributed by atoms with van der Waals surface area (Å²) in [6.45, 7) is 5.72. The highest BCUT2D eigenvalue weighted by Gasteiger charge is 2.06. The number of H-pyrrole nitrogens is 1. The number of imidazole rings is 1. The highest BCUT2D eigenvalue weighted by molar-refractivity contribution is 5.67. The van der Waals surface area contributed by atoms with Gasteiger partial charge in [0.1, 0.15) is 5.82 Å². The summed E-state index contributed by atoms with van der Waals surface area (Å²) in [5.41, 5.74) is 4.81. The van der Waals surface area contributed by atoms with E-state index in [1.165, 1.54) is 0 Å². The standard InChI is InChI=1S/C17H17N3O/c1-11-10-16(12(2)19-17(11)21)14-4-6-15(7-5-14)20-9-8-18-13(20)3/h4-10H,1-3H3,(H,19,21). The van der Waals surface area contributed by atoms with Crippen LogP contribution in [0.15, 0.2) is 47.5 Å². The van der Waals surface area contributed by atoms with Gasteiger partial charge in [0, 0.05) is 34.9 Å². The second-order valence-electron chi connectivity index (χ2n) is 5.21. The summed E-state index contributed by atoms with van der Waals surface area (Å²) in [6, 6.07) is 10.2. The minimum absolute atomic E-state index is 0.0260. The first-order valence-corrected chi connectivity index (χ1v) is 6.87. The molecule has 2 heterocycles. The molecule has 0 amide bonds. The minimum Gasteiger partial charge on any atom is -0.326 e. The lowest BCUT2D eigenvalue weighted by molar-refractivity contribution is 0.975. The Hall–Kier alpha value is -2.62. The summed E-state index contributed by atoms with van der Waals surface area (Å²) < 4.78 is 2.04. The van der Waals surface area contributed by atoms with E-state index in [0.717, 1.165) is 33.9 Å². The number of rotatable bonds is 2. The van der Waals surface area contributed by atoms with Gasteiger partial charge >= 0.3 is 0 Å². The number of nitrogens with one attached hydrogen (secondary N) is 1. The number of aryl methyl sites for hydroxylation is 3. The first-order valence-electron chi connectivity index (χ1n) is 6.87. The summed E-state index contributed by atoms with van der Waals surface area (Å²) in [5.74, 6) is 0.957. The molecule has 3 aromatic rings. The quantitative estimate of drug-likeness (QED) is 0.783. The van der Waals surface area contributed by atoms with Gasteiger partial charge in [0.05, 0.1) is 0 Å². The van der Waals surface area contributed by atoms with Crippen LogP contribution in [0.3, 0.4) is 0 Å². The molecule has 4 nitrogen and oxygen atoms in total. The summed E-state index contributed by atoms with van der Waals surface area (Å²) in [6.07, 6.45) is 3.73. The van der Waals surface area contributed by atoms with Crippen molar-refractivity contribution in [3.63, 3.8) is 0 Å². The molecule has 0 aliphatic carbocycles. The third kappa shape index (κ3) is 2.40. The first-order chi connectivity index (χ1) is 10.1. The Morgan fingerprint density at radius 3 is 2.43 bits per heavy atom. The van der Waals surface area contributed by atoms with E-state index in [4.69, 9.17) is 0 Å². The van der Waals surface area contributed by atoms with Gasteiger partial charge in [-0.05, 0) is 44.5 Å². The van der Waals surface area contributed by atoms with E-state index < -0.39 is 0 Å². The molecule has 106 valence electrons. The highest BCUT2D eigenvalue weighted by atomic mass is 16.1. The van der Waals surface area contributed by atoms with Crippen molar-refractivity contribution in [3.8, 4) is 16.8 Å². The van der Waals surface area contributed by atoms with Crippen LogP contribution in [0.2, 0.25) is 0 Å². The van der Waals surface area contributed by atoms with Crippen molar-refractivity contribution in [2.24, 2.45) is 0 Å². The van der Waals surface area contributed by atoms with Crippen molar-refractivity contribution < 1.29 is 0 Å². The lowest BCUT2D eigenvalue weighted by Gasteiger charge is -2.09. The minimum atomic E-state index is -0.0260. The van der Waals surface area contributed by atoms with Crippen molar-refractivity contribution in [2.75, 3.05) is 0 Å². The molecular formula is C17H17N3O. The summed E-state index contributed by atoms with van der Waals surface area (Å²) in [4.78, 5) is 18.7. The van der Waals surface area contributed by atoms with E-state index in [9.17, 15) is 4.79 Å². The number of aromatic nitrogens is 3. The number of hydrogen-bond donors (Lipinski definition) is 1. The van der Waals surface area contributed by atoms with Crippen LogP contribution in [0.5, 0.6) is 0 Å². The van der Waals surface area contributed by atoms with Crippen LogP contribution >= 0.6 is 0 Å². The van der Waals surface area contributed by atoms with E-state index in [-0.39, 0.29) is 5.56 Å². The zero-order valence-corrected chi connectivity index (χ0v) is 12.3. The molecule has 0 unspecified atom stereocenters. The fourth-order valence-electron chi connectivity index (χ4n) is 2.48. The SMILES string of the molecule is Cc1[nH]c(=O)c(C)cc1-c1ccc(-n2ccnc2C)cc1. The zero-order valence-electron chi connectivity index (χ0n) is 12.3. The fourth-order valence-corrected chi connectivity index (χ4v) is 2.48. The van der Waals surface area contributed by atoms with Gasteiger partial charge in [-0.3, -0.25) is 4.79 Å². The van der Waals surface area contributed by atoms with Gasteiger partial charge in [0.15, 0.2) is 0 Å². The van der Waals surface area contributed by atoms with Crippen molar-refractivity contribution in [1.82, 2.24) is 14.5 Å². The van der Waals surface area contributed by atoms with Crippen LogP contribution in [0.4, 0.5) is 0 Å². The summed E-state index contributed by atoms with van der Waals surface area (Å²) in [7, 11) is 0. The van der Waals surface area contributed by atoms with Crippen LogP contribution < -0.4 is 5.56 Å². The van der Waals surface area contributed by atoms with Gasteiger partial charge in [-0.1, -0.05) is 12.1 Å². The van der Waals surface area contributed by atoms with Crippen molar-refractivity contribution in [1.29, 1.82) is 0 Å². The average molecular weight is 279 g/mol. The summed E-state index contributed by atoms with van der Waals surface area (Å²) >= 11 is 0. The Balaban J connectivity index is 2.04. The third-order valence-corrected chi connectivity index (χ3v) is 3.71. The molecule has 1 N–H and O–H groups in total. The molecule has 0 saturated carbocycles. The lowest BCUT2D eigenvalue weighted by atomic mass is 10.0. The third-order valence-electron chi connectivity index (χ3n) is 3.71. The van der Waals surface area contributed by atoms with E-state index in [2.05, 4.69) is 34.2 Å². The van der Waals surface area contributed by atoms with Crippen LogP contribution in [-0.2, 0) is 0 Å². The van der Waals surface area contributed by atoms with Gasteiger partial charge in [-0.2, -0.15) is 0 Å². The Kier molecular flexibility index (Phi) is 3.22. The van der Waals surface area contributed by atoms with E-state index in [0.29, 0.717) is 0 Å². The van der Waals surface area contributed by atoms with Crippen LogP contribution in [0.25, 0.3) is 16.8 Å². The molecule has 1 aromatic carbocycles. The molecule has 0 aliphatic heterocycles. The van der Waals surface area contributed by atoms with Crippen molar-refractivity contribution in [2.45, 2.75) is 20.8 Å². The number of nitrogens with zero attached hydrogens (tertiary/aromatic N) is 2. The Morgan fingerprint density at radius 2 is 1.81 bits per heavy atom. The fraction of sp³-hybridized carbons (Fsp3) is 0.176. The number of hydrogen-bond acceptors (Lipinski definition) is 2. The molecule has 0 radical (unpaired) electrons. The second-order valence-corrected chi connectivity index (χ2v) is 5.21. The Morgan fingerprint density at radius 1 is 1.10 bits per heavy atom. The van der Waals surface area contributed by atoms with Crippen molar-refractivity contribution in [3.05, 3.63) is 70.2 Å². The molecule has 3 rings (SSSR count). The maximum Gasteiger partial charge on any atom is 0.251 e. The van der Waals surface area contributed by atoms with Gasteiger partial charge in [-0.25, -0.2) is 4.98 Å². The van der Waals surface area contributed by atoms with Crippen LogP contribution in [0.1, 0.15) is 17.1 Å². The normalized spacial score (nSPS) is 10.8. The second kappa shape index (κ2) is 5.05. The van der Waals surface area contributed by atoms with Crippen molar-refractivity contribution >= 4 is 0 Å². The molecule has 21 heavy (non-hydrogen) atoms. The maximum absolute atomic E-state index is 11.6. The molecule has 0 saturated heterocycles. The van der Waals surface area contributed by atoms with Crippen LogP contribution in [-0.4, -0.2) is 14.5 Å². The number of pyridine rings is 1. The highest BCUT2D eigenvalue weighted by Crippen LogP contribution is 2.23. The van der Waals surface area contributed by atoms with E-state index in [1.807, 2.05) is 37.6 Å². The molecular weight excluding hydrogens is 262 g/mol. The number of aromatic amines is 1. The Labute approximate surface area is 123 Å². The molecule has 4 heteroatoms.